The first-order valence-electron chi connectivity index (χ1n) is 11.3. The number of aromatic nitrogens is 1. The number of rotatable bonds is 5. The van der Waals surface area contributed by atoms with Gasteiger partial charge in [-0.15, -0.1) is 0 Å². The van der Waals surface area contributed by atoms with Gasteiger partial charge in [-0.3, -0.25) is 9.69 Å². The molecule has 2 aliphatic rings. The zero-order valence-corrected chi connectivity index (χ0v) is 18.6. The van der Waals surface area contributed by atoms with Crippen molar-refractivity contribution in [2.24, 2.45) is 5.92 Å². The molecule has 1 aliphatic heterocycles. The molecule has 5 nitrogen and oxygen atoms in total. The van der Waals surface area contributed by atoms with E-state index in [1.807, 2.05) is 31.2 Å². The summed E-state index contributed by atoms with van der Waals surface area (Å²) >= 11 is 6.11. The summed E-state index contributed by atoms with van der Waals surface area (Å²) in [5.41, 5.74) is 1.82. The Labute approximate surface area is 184 Å². The quantitative estimate of drug-likeness (QED) is 0.650. The predicted octanol–water partition coefficient (Wildman–Crippen LogP) is 5.35. The Hall–Kier alpha value is -1.85. The second kappa shape index (κ2) is 9.97. The molecule has 6 heteroatoms. The Morgan fingerprint density at radius 2 is 2.00 bits per heavy atom. The number of likely N-dealkylation sites (tertiary alicyclic amines) is 1. The Kier molecular flexibility index (Phi) is 7.11. The molecule has 1 N–H and O–H groups in total. The number of carbonyl (C=O) groups is 1. The minimum Gasteiger partial charge on any atom is -0.441 e. The minimum absolute atomic E-state index is 0.0709. The standard InChI is InChI=1S/C24H32ClN3O2/c1-17-22(27-24(30-17)18-8-6-10-20(25)14-18)16-28-13-7-9-19(15-28)23(29)26-21-11-4-2-3-5-12-21/h6,8,10,14,19,21H,2-5,7,9,11-13,15-16H2,1H3,(H,26,29)/t19-/m0/s1. The highest BCUT2D eigenvalue weighted by atomic mass is 35.5. The summed E-state index contributed by atoms with van der Waals surface area (Å²) in [4.78, 5) is 19.9. The van der Waals surface area contributed by atoms with Gasteiger partial charge in [0.25, 0.3) is 0 Å². The lowest BCUT2D eigenvalue weighted by molar-refractivity contribution is -0.127. The summed E-state index contributed by atoms with van der Waals surface area (Å²) in [6.45, 7) is 4.45. The Morgan fingerprint density at radius 1 is 1.20 bits per heavy atom. The highest BCUT2D eigenvalue weighted by Gasteiger charge is 2.28. The SMILES string of the molecule is Cc1oc(-c2cccc(Cl)c2)nc1CN1CCC[C@H](C(=O)NC2CCCCCC2)C1. The number of amides is 1. The minimum atomic E-state index is 0.0709. The third kappa shape index (κ3) is 5.44. The maximum Gasteiger partial charge on any atom is 0.226 e. The maximum atomic E-state index is 12.9. The van der Waals surface area contributed by atoms with E-state index in [0.29, 0.717) is 23.5 Å². The van der Waals surface area contributed by atoms with Crippen LogP contribution in [-0.2, 0) is 11.3 Å². The molecule has 2 aromatic rings. The van der Waals surface area contributed by atoms with Gasteiger partial charge in [0, 0.05) is 29.7 Å². The van der Waals surface area contributed by atoms with Gasteiger partial charge in [-0.05, 0) is 57.4 Å². The van der Waals surface area contributed by atoms with E-state index in [1.165, 1.54) is 25.7 Å². The lowest BCUT2D eigenvalue weighted by Gasteiger charge is -2.32. The molecule has 0 bridgehead atoms. The Bertz CT molecular complexity index is 858. The van der Waals surface area contributed by atoms with Gasteiger partial charge in [-0.2, -0.15) is 0 Å². The van der Waals surface area contributed by atoms with Crippen LogP contribution in [0.1, 0.15) is 62.8 Å². The third-order valence-electron chi connectivity index (χ3n) is 6.42. The molecular formula is C24H32ClN3O2. The molecule has 1 aromatic carbocycles. The molecule has 1 aromatic heterocycles. The zero-order valence-electron chi connectivity index (χ0n) is 17.8. The van der Waals surface area contributed by atoms with E-state index in [-0.39, 0.29) is 11.8 Å². The smallest absolute Gasteiger partial charge is 0.226 e. The second-order valence-electron chi connectivity index (χ2n) is 8.80. The molecule has 1 atom stereocenters. The molecule has 0 spiro atoms. The van der Waals surface area contributed by atoms with Gasteiger partial charge in [-0.25, -0.2) is 4.98 Å². The van der Waals surface area contributed by atoms with Crippen molar-refractivity contribution in [2.45, 2.75) is 70.9 Å². The van der Waals surface area contributed by atoms with Gasteiger partial charge in [0.2, 0.25) is 11.8 Å². The monoisotopic (exact) mass is 429 g/mol. The second-order valence-corrected chi connectivity index (χ2v) is 9.24. The van der Waals surface area contributed by atoms with Crippen LogP contribution >= 0.6 is 11.6 Å². The third-order valence-corrected chi connectivity index (χ3v) is 6.65. The van der Waals surface area contributed by atoms with Crippen LogP contribution < -0.4 is 5.32 Å². The number of benzene rings is 1. The molecule has 162 valence electrons. The summed E-state index contributed by atoms with van der Waals surface area (Å²) in [6.07, 6.45) is 9.36. The van der Waals surface area contributed by atoms with Gasteiger partial charge in [0.1, 0.15) is 5.76 Å². The molecule has 30 heavy (non-hydrogen) atoms. The van der Waals surface area contributed by atoms with E-state index in [9.17, 15) is 4.79 Å². The van der Waals surface area contributed by atoms with Crippen molar-refractivity contribution in [3.05, 3.63) is 40.7 Å². The highest BCUT2D eigenvalue weighted by molar-refractivity contribution is 6.30. The fraction of sp³-hybridized carbons (Fsp3) is 0.583. The average molecular weight is 430 g/mol. The van der Waals surface area contributed by atoms with Crippen LogP contribution in [0.25, 0.3) is 11.5 Å². The molecule has 1 aliphatic carbocycles. The molecule has 2 heterocycles. The van der Waals surface area contributed by atoms with Crippen molar-refractivity contribution >= 4 is 17.5 Å². The Balaban J connectivity index is 1.36. The first-order valence-corrected chi connectivity index (χ1v) is 11.7. The van der Waals surface area contributed by atoms with Crippen molar-refractivity contribution < 1.29 is 9.21 Å². The van der Waals surface area contributed by atoms with E-state index < -0.39 is 0 Å². The van der Waals surface area contributed by atoms with Crippen LogP contribution in [0.5, 0.6) is 0 Å². The Morgan fingerprint density at radius 3 is 2.77 bits per heavy atom. The molecule has 0 unspecified atom stereocenters. The number of nitrogens with zero attached hydrogens (tertiary/aromatic N) is 2. The summed E-state index contributed by atoms with van der Waals surface area (Å²) in [5, 5.41) is 4.01. The molecule has 1 saturated carbocycles. The number of piperidine rings is 1. The van der Waals surface area contributed by atoms with E-state index in [0.717, 1.165) is 55.8 Å². The van der Waals surface area contributed by atoms with Crippen molar-refractivity contribution in [2.75, 3.05) is 13.1 Å². The molecule has 1 amide bonds. The summed E-state index contributed by atoms with van der Waals surface area (Å²) in [5.74, 6) is 1.74. The maximum absolute atomic E-state index is 12.9. The normalized spacial score (nSPS) is 21.3. The van der Waals surface area contributed by atoms with Crippen LogP contribution in [0.3, 0.4) is 0 Å². The van der Waals surface area contributed by atoms with Crippen LogP contribution in [0.4, 0.5) is 0 Å². The van der Waals surface area contributed by atoms with Crippen LogP contribution in [0, 0.1) is 12.8 Å². The van der Waals surface area contributed by atoms with Crippen molar-refractivity contribution in [3.8, 4) is 11.5 Å². The molecular weight excluding hydrogens is 398 g/mol. The number of oxazole rings is 1. The molecule has 1 saturated heterocycles. The van der Waals surface area contributed by atoms with E-state index in [1.54, 1.807) is 0 Å². The summed E-state index contributed by atoms with van der Waals surface area (Å²) < 4.78 is 5.91. The van der Waals surface area contributed by atoms with Gasteiger partial charge >= 0.3 is 0 Å². The van der Waals surface area contributed by atoms with Gasteiger partial charge < -0.3 is 9.73 Å². The fourth-order valence-electron chi connectivity index (χ4n) is 4.69. The van der Waals surface area contributed by atoms with Gasteiger partial charge in [0.15, 0.2) is 0 Å². The van der Waals surface area contributed by atoms with Crippen molar-refractivity contribution in [1.29, 1.82) is 0 Å². The number of carbonyl (C=O) groups excluding carboxylic acids is 1. The van der Waals surface area contributed by atoms with Crippen LogP contribution in [0.2, 0.25) is 5.02 Å². The number of aryl methyl sites for hydroxylation is 1. The highest BCUT2D eigenvalue weighted by Crippen LogP contribution is 2.26. The number of halogens is 1. The fourth-order valence-corrected chi connectivity index (χ4v) is 4.88. The van der Waals surface area contributed by atoms with Crippen molar-refractivity contribution in [1.82, 2.24) is 15.2 Å². The molecule has 2 fully saturated rings. The van der Waals surface area contributed by atoms with Crippen LogP contribution in [-0.4, -0.2) is 34.9 Å². The average Bonchev–Trinajstić information content (AvgIpc) is 2.93. The number of nitrogens with one attached hydrogen (secondary N) is 1. The summed E-state index contributed by atoms with van der Waals surface area (Å²) in [7, 11) is 0. The van der Waals surface area contributed by atoms with E-state index >= 15 is 0 Å². The number of hydrogen-bond donors (Lipinski definition) is 1. The summed E-state index contributed by atoms with van der Waals surface area (Å²) in [6, 6.07) is 7.93. The number of hydrogen-bond acceptors (Lipinski definition) is 4. The van der Waals surface area contributed by atoms with Gasteiger partial charge in [-0.1, -0.05) is 43.4 Å². The first-order chi connectivity index (χ1) is 14.6. The predicted molar refractivity (Wildman–Crippen MR) is 119 cm³/mol. The lowest BCUT2D eigenvalue weighted by Crippen LogP contribution is -2.45. The van der Waals surface area contributed by atoms with E-state index in [2.05, 4.69) is 10.2 Å². The van der Waals surface area contributed by atoms with Crippen LogP contribution in [0.15, 0.2) is 28.7 Å². The van der Waals surface area contributed by atoms with E-state index in [4.69, 9.17) is 21.0 Å². The zero-order chi connectivity index (χ0) is 20.9. The topological polar surface area (TPSA) is 58.4 Å². The van der Waals surface area contributed by atoms with Gasteiger partial charge in [0.05, 0.1) is 11.6 Å². The molecule has 4 rings (SSSR count). The first kappa shape index (κ1) is 21.4. The largest absolute Gasteiger partial charge is 0.441 e. The van der Waals surface area contributed by atoms with Crippen molar-refractivity contribution in [3.63, 3.8) is 0 Å². The molecule has 0 radical (unpaired) electrons. The lowest BCUT2D eigenvalue weighted by atomic mass is 9.96.